The first kappa shape index (κ1) is 8.90. The standard InChI is InChI=1S/C10H7NO2S/c12-7-9-3-4-10(14-9)13-8-2-1-5-11-6-8/h1-7H. The number of ether oxygens (including phenoxy) is 1. The van der Waals surface area contributed by atoms with Gasteiger partial charge in [-0.2, -0.15) is 0 Å². The average molecular weight is 205 g/mol. The number of aldehydes is 1. The Morgan fingerprint density at radius 2 is 2.29 bits per heavy atom. The van der Waals surface area contributed by atoms with E-state index in [0.29, 0.717) is 15.7 Å². The SMILES string of the molecule is O=Cc1ccc(Oc2cccnc2)s1. The Bertz CT molecular complexity index is 425. The third-order valence-electron chi connectivity index (χ3n) is 1.57. The number of carbonyl (C=O) groups is 1. The minimum Gasteiger partial charge on any atom is -0.445 e. The van der Waals surface area contributed by atoms with Gasteiger partial charge in [-0.3, -0.25) is 9.78 Å². The van der Waals surface area contributed by atoms with Crippen molar-refractivity contribution in [3.63, 3.8) is 0 Å². The fourth-order valence-electron chi connectivity index (χ4n) is 0.976. The minimum atomic E-state index is 0.656. The molecule has 70 valence electrons. The van der Waals surface area contributed by atoms with Crippen LogP contribution in [0.4, 0.5) is 0 Å². The number of nitrogens with zero attached hydrogens (tertiary/aromatic N) is 1. The van der Waals surface area contributed by atoms with Crippen LogP contribution in [-0.4, -0.2) is 11.3 Å². The van der Waals surface area contributed by atoms with Gasteiger partial charge in [0.25, 0.3) is 0 Å². The summed E-state index contributed by atoms with van der Waals surface area (Å²) < 4.78 is 5.46. The first-order valence-corrected chi connectivity index (χ1v) is 4.83. The zero-order chi connectivity index (χ0) is 9.80. The van der Waals surface area contributed by atoms with Gasteiger partial charge in [-0.1, -0.05) is 11.3 Å². The number of hydrogen-bond acceptors (Lipinski definition) is 4. The molecule has 0 aliphatic rings. The van der Waals surface area contributed by atoms with Gasteiger partial charge in [0.2, 0.25) is 0 Å². The van der Waals surface area contributed by atoms with Crippen molar-refractivity contribution in [1.29, 1.82) is 0 Å². The molecule has 0 aliphatic carbocycles. The molecular weight excluding hydrogens is 198 g/mol. The van der Waals surface area contributed by atoms with Crippen molar-refractivity contribution >= 4 is 17.6 Å². The molecule has 0 saturated heterocycles. The van der Waals surface area contributed by atoms with Crippen LogP contribution in [-0.2, 0) is 0 Å². The fraction of sp³-hybridized carbons (Fsp3) is 0. The number of rotatable bonds is 3. The van der Waals surface area contributed by atoms with Crippen molar-refractivity contribution in [1.82, 2.24) is 4.98 Å². The van der Waals surface area contributed by atoms with E-state index < -0.39 is 0 Å². The van der Waals surface area contributed by atoms with Gasteiger partial charge >= 0.3 is 0 Å². The molecule has 4 heteroatoms. The zero-order valence-corrected chi connectivity index (χ0v) is 8.03. The molecule has 3 nitrogen and oxygen atoms in total. The molecule has 0 N–H and O–H groups in total. The summed E-state index contributed by atoms with van der Waals surface area (Å²) in [4.78, 5) is 15.0. The van der Waals surface area contributed by atoms with Crippen LogP contribution in [0.3, 0.4) is 0 Å². The molecule has 2 heterocycles. The second kappa shape index (κ2) is 4.02. The van der Waals surface area contributed by atoms with Crippen molar-refractivity contribution in [3.05, 3.63) is 41.5 Å². The Morgan fingerprint density at radius 1 is 1.36 bits per heavy atom. The predicted molar refractivity (Wildman–Crippen MR) is 54.0 cm³/mol. The van der Waals surface area contributed by atoms with Gasteiger partial charge in [-0.05, 0) is 24.3 Å². The van der Waals surface area contributed by atoms with Crippen LogP contribution in [0.5, 0.6) is 10.8 Å². The van der Waals surface area contributed by atoms with E-state index in [2.05, 4.69) is 4.98 Å². The normalized spacial score (nSPS) is 9.71. The van der Waals surface area contributed by atoms with Crippen LogP contribution in [0.15, 0.2) is 36.7 Å². The fourth-order valence-corrected chi connectivity index (χ4v) is 1.67. The minimum absolute atomic E-state index is 0.656. The van der Waals surface area contributed by atoms with E-state index in [0.717, 1.165) is 6.29 Å². The molecule has 2 aromatic heterocycles. The van der Waals surface area contributed by atoms with E-state index in [-0.39, 0.29) is 0 Å². The molecule has 0 aromatic carbocycles. The second-order valence-corrected chi connectivity index (χ2v) is 3.64. The Hall–Kier alpha value is -1.68. The van der Waals surface area contributed by atoms with Gasteiger partial charge in [0.1, 0.15) is 5.75 Å². The zero-order valence-electron chi connectivity index (χ0n) is 7.21. The Kier molecular flexibility index (Phi) is 2.55. The molecule has 0 bridgehead atoms. The third kappa shape index (κ3) is 1.97. The molecular formula is C10H7NO2S. The van der Waals surface area contributed by atoms with Crippen molar-refractivity contribution in [2.24, 2.45) is 0 Å². The summed E-state index contributed by atoms with van der Waals surface area (Å²) >= 11 is 1.31. The lowest BCUT2D eigenvalue weighted by Gasteiger charge is -1.99. The van der Waals surface area contributed by atoms with Crippen LogP contribution in [0.2, 0.25) is 0 Å². The summed E-state index contributed by atoms with van der Waals surface area (Å²) in [6.07, 6.45) is 4.11. The first-order chi connectivity index (χ1) is 6.88. The highest BCUT2D eigenvalue weighted by molar-refractivity contribution is 7.15. The second-order valence-electron chi connectivity index (χ2n) is 2.57. The van der Waals surface area contributed by atoms with Crippen LogP contribution in [0, 0.1) is 0 Å². The van der Waals surface area contributed by atoms with E-state index >= 15 is 0 Å². The largest absolute Gasteiger partial charge is 0.445 e. The van der Waals surface area contributed by atoms with Gasteiger partial charge in [-0.25, -0.2) is 0 Å². The molecule has 14 heavy (non-hydrogen) atoms. The highest BCUT2D eigenvalue weighted by Crippen LogP contribution is 2.27. The highest BCUT2D eigenvalue weighted by Gasteiger charge is 2.00. The van der Waals surface area contributed by atoms with E-state index in [1.54, 1.807) is 30.6 Å². The van der Waals surface area contributed by atoms with Crippen LogP contribution in [0.25, 0.3) is 0 Å². The Labute approximate surface area is 85.0 Å². The summed E-state index contributed by atoms with van der Waals surface area (Å²) in [5.74, 6) is 0.673. The van der Waals surface area contributed by atoms with Gasteiger partial charge in [0, 0.05) is 6.20 Å². The topological polar surface area (TPSA) is 39.2 Å². The number of hydrogen-bond donors (Lipinski definition) is 0. The van der Waals surface area contributed by atoms with Crippen molar-refractivity contribution in [2.45, 2.75) is 0 Å². The number of pyridine rings is 1. The monoisotopic (exact) mass is 205 g/mol. The smallest absolute Gasteiger partial charge is 0.181 e. The van der Waals surface area contributed by atoms with E-state index in [1.807, 2.05) is 6.07 Å². The molecule has 0 radical (unpaired) electrons. The van der Waals surface area contributed by atoms with E-state index in [4.69, 9.17) is 4.74 Å². The average Bonchev–Trinajstić information content (AvgIpc) is 2.67. The molecule has 0 saturated carbocycles. The molecule has 0 unspecified atom stereocenters. The third-order valence-corrected chi connectivity index (χ3v) is 2.46. The van der Waals surface area contributed by atoms with E-state index in [1.165, 1.54) is 11.3 Å². The van der Waals surface area contributed by atoms with Gasteiger partial charge in [0.05, 0.1) is 11.1 Å². The predicted octanol–water partition coefficient (Wildman–Crippen LogP) is 2.75. The molecule has 2 rings (SSSR count). The lowest BCUT2D eigenvalue weighted by Crippen LogP contribution is -1.80. The highest BCUT2D eigenvalue weighted by atomic mass is 32.1. The summed E-state index contributed by atoms with van der Waals surface area (Å²) in [5.41, 5.74) is 0. The molecule has 2 aromatic rings. The molecule has 0 aliphatic heterocycles. The maximum atomic E-state index is 10.4. The Balaban J connectivity index is 2.15. The molecule has 0 atom stereocenters. The Morgan fingerprint density at radius 3 is 2.93 bits per heavy atom. The summed E-state index contributed by atoms with van der Waals surface area (Å²) in [6, 6.07) is 7.10. The van der Waals surface area contributed by atoms with Crippen molar-refractivity contribution in [2.75, 3.05) is 0 Å². The number of aromatic nitrogens is 1. The van der Waals surface area contributed by atoms with Gasteiger partial charge < -0.3 is 4.74 Å². The summed E-state index contributed by atoms with van der Waals surface area (Å²) in [5, 5.41) is 0.695. The van der Waals surface area contributed by atoms with Crippen molar-refractivity contribution in [3.8, 4) is 10.8 Å². The van der Waals surface area contributed by atoms with Crippen LogP contribution in [0.1, 0.15) is 9.67 Å². The summed E-state index contributed by atoms with van der Waals surface area (Å²) in [7, 11) is 0. The van der Waals surface area contributed by atoms with Gasteiger partial charge in [-0.15, -0.1) is 0 Å². The van der Waals surface area contributed by atoms with Gasteiger partial charge in [0.15, 0.2) is 11.3 Å². The molecule has 0 spiro atoms. The maximum absolute atomic E-state index is 10.4. The molecule has 0 fully saturated rings. The quantitative estimate of drug-likeness (QED) is 0.723. The summed E-state index contributed by atoms with van der Waals surface area (Å²) in [6.45, 7) is 0. The number of thiophene rings is 1. The lowest BCUT2D eigenvalue weighted by atomic mass is 10.5. The van der Waals surface area contributed by atoms with Crippen LogP contribution < -0.4 is 4.74 Å². The number of carbonyl (C=O) groups excluding carboxylic acids is 1. The van der Waals surface area contributed by atoms with Crippen molar-refractivity contribution < 1.29 is 9.53 Å². The van der Waals surface area contributed by atoms with Crippen LogP contribution >= 0.6 is 11.3 Å². The van der Waals surface area contributed by atoms with E-state index in [9.17, 15) is 4.79 Å². The molecule has 0 amide bonds. The first-order valence-electron chi connectivity index (χ1n) is 4.01. The maximum Gasteiger partial charge on any atom is 0.181 e. The lowest BCUT2D eigenvalue weighted by molar-refractivity contribution is 0.112.